The third-order valence-corrected chi connectivity index (χ3v) is 3.72. The first kappa shape index (κ1) is 16.0. The van der Waals surface area contributed by atoms with E-state index in [1.807, 2.05) is 30.1 Å². The minimum absolute atomic E-state index is 0. The highest BCUT2D eigenvalue weighted by Gasteiger charge is 2.36. The zero-order valence-electron chi connectivity index (χ0n) is 11.7. The Kier molecular flexibility index (Phi) is 5.83. The fraction of sp³-hybridized carbons (Fsp3) is 0.533. The molecule has 1 aliphatic rings. The lowest BCUT2D eigenvalue weighted by molar-refractivity contribution is -0.141. The van der Waals surface area contributed by atoms with E-state index in [0.717, 1.165) is 25.9 Å². The molecule has 1 aromatic rings. The van der Waals surface area contributed by atoms with Gasteiger partial charge in [-0.2, -0.15) is 0 Å². The molecule has 19 heavy (non-hydrogen) atoms. The molecule has 1 aliphatic heterocycles. The van der Waals surface area contributed by atoms with Crippen LogP contribution in [0.15, 0.2) is 30.3 Å². The molecule has 0 radical (unpaired) electrons. The Labute approximate surface area is 121 Å². The van der Waals surface area contributed by atoms with Crippen molar-refractivity contribution >= 4 is 18.3 Å². The van der Waals surface area contributed by atoms with Crippen LogP contribution in [0, 0.1) is 5.41 Å². The van der Waals surface area contributed by atoms with Gasteiger partial charge >= 0.3 is 0 Å². The van der Waals surface area contributed by atoms with Gasteiger partial charge in [0.15, 0.2) is 0 Å². The van der Waals surface area contributed by atoms with Crippen molar-refractivity contribution in [2.75, 3.05) is 20.1 Å². The zero-order valence-corrected chi connectivity index (χ0v) is 12.5. The molecule has 1 atom stereocenters. The quantitative estimate of drug-likeness (QED) is 0.924. The Balaban J connectivity index is 0.00000180. The molecule has 1 aromatic carbocycles. The molecule has 0 bridgehead atoms. The molecule has 2 rings (SSSR count). The fourth-order valence-electron chi connectivity index (χ4n) is 2.63. The topological polar surface area (TPSA) is 32.3 Å². The van der Waals surface area contributed by atoms with Crippen LogP contribution in [0.4, 0.5) is 0 Å². The summed E-state index contributed by atoms with van der Waals surface area (Å²) in [6.45, 7) is 4.59. The van der Waals surface area contributed by atoms with Gasteiger partial charge < -0.3 is 10.2 Å². The fourth-order valence-corrected chi connectivity index (χ4v) is 2.63. The number of rotatable bonds is 3. The lowest BCUT2D eigenvalue weighted by Gasteiger charge is -2.36. The summed E-state index contributed by atoms with van der Waals surface area (Å²) in [4.78, 5) is 14.4. The largest absolute Gasteiger partial charge is 0.341 e. The van der Waals surface area contributed by atoms with Crippen molar-refractivity contribution < 1.29 is 4.79 Å². The molecule has 0 aromatic heterocycles. The Morgan fingerprint density at radius 1 is 1.37 bits per heavy atom. The van der Waals surface area contributed by atoms with Gasteiger partial charge in [0.1, 0.15) is 0 Å². The molecular weight excluding hydrogens is 260 g/mol. The Bertz CT molecular complexity index is 402. The van der Waals surface area contributed by atoms with Crippen LogP contribution in [0.25, 0.3) is 0 Å². The van der Waals surface area contributed by atoms with Gasteiger partial charge in [0, 0.05) is 20.1 Å². The molecule has 1 saturated heterocycles. The van der Waals surface area contributed by atoms with Crippen LogP contribution in [0.5, 0.6) is 0 Å². The van der Waals surface area contributed by atoms with Gasteiger partial charge in [-0.1, -0.05) is 30.3 Å². The van der Waals surface area contributed by atoms with Crippen LogP contribution in [0.2, 0.25) is 0 Å². The molecule has 1 heterocycles. The van der Waals surface area contributed by atoms with E-state index in [9.17, 15) is 4.79 Å². The third-order valence-electron chi connectivity index (χ3n) is 3.72. The number of hydrogen-bond acceptors (Lipinski definition) is 2. The van der Waals surface area contributed by atoms with Crippen molar-refractivity contribution in [3.05, 3.63) is 35.9 Å². The predicted octanol–water partition coefficient (Wildman–Crippen LogP) is 2.46. The second-order valence-corrected chi connectivity index (χ2v) is 5.49. The van der Waals surface area contributed by atoms with Crippen LogP contribution in [-0.4, -0.2) is 30.9 Å². The summed E-state index contributed by atoms with van der Waals surface area (Å²) in [6, 6.07) is 10.1. The number of carbonyl (C=O) groups is 1. The number of nitrogens with one attached hydrogen (secondary N) is 1. The minimum atomic E-state index is -0.234. The van der Waals surface area contributed by atoms with E-state index in [2.05, 4.69) is 24.4 Å². The number of carbonyl (C=O) groups excluding carboxylic acids is 1. The molecule has 1 fully saturated rings. The van der Waals surface area contributed by atoms with Crippen molar-refractivity contribution in [2.24, 2.45) is 5.41 Å². The minimum Gasteiger partial charge on any atom is -0.341 e. The van der Waals surface area contributed by atoms with Crippen LogP contribution in [0.1, 0.15) is 25.3 Å². The summed E-state index contributed by atoms with van der Waals surface area (Å²) in [6.07, 6.45) is 2.07. The van der Waals surface area contributed by atoms with E-state index in [1.54, 1.807) is 0 Å². The van der Waals surface area contributed by atoms with E-state index in [-0.39, 0.29) is 23.7 Å². The molecule has 4 heteroatoms. The maximum atomic E-state index is 12.5. The smallest absolute Gasteiger partial charge is 0.229 e. The molecule has 0 saturated carbocycles. The van der Waals surface area contributed by atoms with E-state index < -0.39 is 0 Å². The molecular formula is C15H23ClN2O. The first-order valence-corrected chi connectivity index (χ1v) is 6.62. The average molecular weight is 283 g/mol. The van der Waals surface area contributed by atoms with E-state index in [0.29, 0.717) is 6.54 Å². The zero-order chi connectivity index (χ0) is 13.0. The maximum absolute atomic E-state index is 12.5. The number of hydrogen-bond donors (Lipinski definition) is 1. The van der Waals surface area contributed by atoms with E-state index >= 15 is 0 Å². The summed E-state index contributed by atoms with van der Waals surface area (Å²) in [5.41, 5.74) is 0.947. The Hall–Kier alpha value is -1.06. The van der Waals surface area contributed by atoms with Gasteiger partial charge in [0.05, 0.1) is 5.41 Å². The van der Waals surface area contributed by atoms with Gasteiger partial charge in [-0.05, 0) is 31.9 Å². The summed E-state index contributed by atoms with van der Waals surface area (Å²) in [5, 5.41) is 3.33. The van der Waals surface area contributed by atoms with Gasteiger partial charge in [-0.25, -0.2) is 0 Å². The predicted molar refractivity (Wildman–Crippen MR) is 80.4 cm³/mol. The van der Waals surface area contributed by atoms with Gasteiger partial charge in [-0.3, -0.25) is 4.79 Å². The van der Waals surface area contributed by atoms with Crippen molar-refractivity contribution in [3.63, 3.8) is 0 Å². The summed E-state index contributed by atoms with van der Waals surface area (Å²) >= 11 is 0. The number of amides is 1. The van der Waals surface area contributed by atoms with E-state index in [4.69, 9.17) is 0 Å². The van der Waals surface area contributed by atoms with Gasteiger partial charge in [-0.15, -0.1) is 12.4 Å². The monoisotopic (exact) mass is 282 g/mol. The van der Waals surface area contributed by atoms with Crippen molar-refractivity contribution in [1.82, 2.24) is 10.2 Å². The number of benzene rings is 1. The summed E-state index contributed by atoms with van der Waals surface area (Å²) < 4.78 is 0. The third kappa shape index (κ3) is 3.95. The number of nitrogens with zero attached hydrogens (tertiary/aromatic N) is 1. The SMILES string of the molecule is CN(Cc1ccccc1)C(=O)C1(C)CCCNC1.Cl. The Morgan fingerprint density at radius 2 is 2.05 bits per heavy atom. The van der Waals surface area contributed by atoms with Crippen molar-refractivity contribution in [2.45, 2.75) is 26.3 Å². The highest BCUT2D eigenvalue weighted by atomic mass is 35.5. The molecule has 0 spiro atoms. The first-order chi connectivity index (χ1) is 8.62. The second-order valence-electron chi connectivity index (χ2n) is 5.49. The molecule has 3 nitrogen and oxygen atoms in total. The van der Waals surface area contributed by atoms with Gasteiger partial charge in [0.25, 0.3) is 0 Å². The lowest BCUT2D eigenvalue weighted by atomic mass is 9.81. The summed E-state index contributed by atoms with van der Waals surface area (Å²) in [5.74, 6) is 0.249. The highest BCUT2D eigenvalue weighted by Crippen LogP contribution is 2.28. The van der Waals surface area contributed by atoms with Crippen molar-refractivity contribution in [3.8, 4) is 0 Å². The number of halogens is 1. The van der Waals surface area contributed by atoms with Crippen LogP contribution >= 0.6 is 12.4 Å². The summed E-state index contributed by atoms with van der Waals surface area (Å²) in [7, 11) is 1.90. The molecule has 106 valence electrons. The normalized spacial score (nSPS) is 22.4. The van der Waals surface area contributed by atoms with E-state index in [1.165, 1.54) is 5.56 Å². The van der Waals surface area contributed by atoms with Crippen LogP contribution < -0.4 is 5.32 Å². The Morgan fingerprint density at radius 3 is 2.63 bits per heavy atom. The van der Waals surface area contributed by atoms with Gasteiger partial charge in [0.2, 0.25) is 5.91 Å². The molecule has 1 unspecified atom stereocenters. The molecule has 1 amide bonds. The van der Waals surface area contributed by atoms with Crippen molar-refractivity contribution in [1.29, 1.82) is 0 Å². The average Bonchev–Trinajstić information content (AvgIpc) is 2.40. The molecule has 1 N–H and O–H groups in total. The second kappa shape index (κ2) is 6.92. The first-order valence-electron chi connectivity index (χ1n) is 6.62. The maximum Gasteiger partial charge on any atom is 0.229 e. The molecule has 0 aliphatic carbocycles. The standard InChI is InChI=1S/C15H22N2O.ClH/c1-15(9-6-10-16-12-15)14(18)17(2)11-13-7-4-3-5-8-13;/h3-5,7-8,16H,6,9-12H2,1-2H3;1H. The van der Waals surface area contributed by atoms with Crippen LogP contribution in [-0.2, 0) is 11.3 Å². The lowest BCUT2D eigenvalue weighted by Crippen LogP contribution is -2.48. The number of piperidine rings is 1. The van der Waals surface area contributed by atoms with Crippen LogP contribution in [0.3, 0.4) is 0 Å². The highest BCUT2D eigenvalue weighted by molar-refractivity contribution is 5.85.